The van der Waals surface area contributed by atoms with Gasteiger partial charge < -0.3 is 19.4 Å². The fraction of sp³-hybridized carbons (Fsp3) is 0.200. The molecule has 12 heteroatoms. The molecule has 8 bridgehead atoms. The zero-order valence-electron chi connectivity index (χ0n) is 29.4. The van der Waals surface area contributed by atoms with Crippen molar-refractivity contribution in [1.82, 2.24) is 19.9 Å². The predicted octanol–water partition coefficient (Wildman–Crippen LogP) is 8.79. The fourth-order valence-electron chi connectivity index (χ4n) is 6.19. The maximum absolute atomic E-state index is 13.7. The Hall–Kier alpha value is -3.32. The number of fused-ring (bicyclic) bond motifs is 8. The van der Waals surface area contributed by atoms with E-state index in [1.807, 2.05) is 74.5 Å². The summed E-state index contributed by atoms with van der Waals surface area (Å²) in [7, 11) is 0. The minimum Gasteiger partial charge on any atom is -0.373 e. The molecule has 256 valence electrons. The minimum absolute atomic E-state index is 0. The van der Waals surface area contributed by atoms with E-state index in [2.05, 4.69) is 9.97 Å². The van der Waals surface area contributed by atoms with Gasteiger partial charge in [0.25, 0.3) is 0 Å². The van der Waals surface area contributed by atoms with E-state index in [-0.39, 0.29) is 84.5 Å². The van der Waals surface area contributed by atoms with Crippen molar-refractivity contribution in [3.05, 3.63) is 142 Å². The van der Waals surface area contributed by atoms with E-state index in [0.717, 1.165) is 56.7 Å². The molecule has 0 saturated carbocycles. The monoisotopic (exact) mass is 724 g/mol. The van der Waals surface area contributed by atoms with E-state index in [0.29, 0.717) is 35.4 Å². The summed E-state index contributed by atoms with van der Waals surface area (Å²) in [5.41, 5.74) is 9.06. The van der Waals surface area contributed by atoms with Crippen LogP contribution in [-0.2, 0) is 22.3 Å². The molecule has 2 unspecified atom stereocenters. The van der Waals surface area contributed by atoms with E-state index in [1.165, 1.54) is 24.3 Å². The second kappa shape index (κ2) is 17.7. The molecular weight excluding hydrogens is 690 g/mol. The van der Waals surface area contributed by atoms with Gasteiger partial charge in [0, 0.05) is 104 Å². The summed E-state index contributed by atoms with van der Waals surface area (Å²) in [5, 5.41) is 0. The average Bonchev–Trinajstić information content (AvgIpc) is 3.85. The molecule has 2 aliphatic rings. The Balaban J connectivity index is 0.00000261. The van der Waals surface area contributed by atoms with Crippen LogP contribution in [0.3, 0.4) is 0 Å². The zero-order chi connectivity index (χ0) is 34.8. The van der Waals surface area contributed by atoms with Crippen molar-refractivity contribution in [1.29, 1.82) is 0 Å². The number of aromatic amines is 2. The number of rotatable bonds is 10. The molecule has 6 nitrogen and oxygen atoms in total. The largest absolute Gasteiger partial charge is 0.373 e. The second-order valence-electron chi connectivity index (χ2n) is 12.4. The summed E-state index contributed by atoms with van der Waals surface area (Å²) in [6.07, 6.45) is 5.80. The molecule has 0 spiro atoms. The van der Waals surface area contributed by atoms with Gasteiger partial charge in [0.1, 0.15) is 23.3 Å². The fourth-order valence-corrected chi connectivity index (χ4v) is 6.19. The summed E-state index contributed by atoms with van der Waals surface area (Å²) in [6, 6.07) is 20.7. The molecule has 5 aromatic rings. The molecule has 0 saturated heterocycles. The number of hydrogen-bond acceptors (Lipinski definition) is 4. The molecule has 2 aromatic carbocycles. The SMILES string of the molecule is CC(OCCc1cc(F)cc(F)c1)C1=Cc2cc3[nH]c(cc4nc(cc5ccc(cc1n2)[nH]5)C=C4)cc3C(C)OCCc1cc(F)cc(F)c1.[Na].[Na]. The van der Waals surface area contributed by atoms with Crippen LogP contribution in [0, 0.1) is 23.3 Å². The van der Waals surface area contributed by atoms with Gasteiger partial charge in [-0.1, -0.05) is 0 Å². The van der Waals surface area contributed by atoms with Crippen LogP contribution in [0.15, 0.2) is 78.9 Å². The van der Waals surface area contributed by atoms with Crippen LogP contribution in [0.1, 0.15) is 59.4 Å². The van der Waals surface area contributed by atoms with Crippen LogP contribution >= 0.6 is 0 Å². The van der Waals surface area contributed by atoms with Gasteiger partial charge in [-0.15, -0.1) is 0 Å². The van der Waals surface area contributed by atoms with Gasteiger partial charge in [-0.2, -0.15) is 0 Å². The van der Waals surface area contributed by atoms with Crippen molar-refractivity contribution in [2.75, 3.05) is 13.2 Å². The Morgan fingerprint density at radius 3 is 1.71 bits per heavy atom. The Bertz CT molecular complexity index is 2260. The first kappa shape index (κ1) is 39.9. The quantitative estimate of drug-likeness (QED) is 0.109. The molecule has 0 fully saturated rings. The van der Waals surface area contributed by atoms with Gasteiger partial charge in [-0.05, 0) is 123 Å². The molecule has 2 radical (unpaired) electrons. The minimum atomic E-state index is -0.621. The average molecular weight is 725 g/mol. The van der Waals surface area contributed by atoms with Crippen molar-refractivity contribution in [2.45, 2.75) is 38.9 Å². The van der Waals surface area contributed by atoms with Crippen molar-refractivity contribution in [3.8, 4) is 0 Å². The summed E-state index contributed by atoms with van der Waals surface area (Å²) >= 11 is 0. The second-order valence-corrected chi connectivity index (χ2v) is 12.4. The molecule has 7 rings (SSSR count). The number of ether oxygens (including phenoxy) is 2. The summed E-state index contributed by atoms with van der Waals surface area (Å²) in [5.74, 6) is -2.48. The Labute approximate surface area is 343 Å². The number of aromatic nitrogens is 4. The molecule has 0 aliphatic carbocycles. The van der Waals surface area contributed by atoms with Crippen molar-refractivity contribution < 1.29 is 27.0 Å². The Morgan fingerprint density at radius 1 is 0.577 bits per heavy atom. The first-order valence-corrected chi connectivity index (χ1v) is 16.4. The van der Waals surface area contributed by atoms with Crippen molar-refractivity contribution in [2.24, 2.45) is 0 Å². The standard InChI is InChI=1S/C40H34F4N4O2.2Na/c1-23(49-9-7-25-11-27(41)15-28(42)12-25)37-19-35-18-33-4-3-31(45-33)17-32-5-6-34(46-32)21-39-38(20-36(48-39)22-40(37)47-35)24(2)50-10-8-26-13-29(43)16-30(44)14-26;;/h3-6,11-24,46-47H,7-10H2,1-2H3;;. The number of halogens is 4. The molecule has 2 atom stereocenters. The first-order valence-electron chi connectivity index (χ1n) is 16.4. The van der Waals surface area contributed by atoms with Crippen LogP contribution in [0.5, 0.6) is 0 Å². The maximum atomic E-state index is 13.7. The first-order chi connectivity index (χ1) is 24.1. The summed E-state index contributed by atoms with van der Waals surface area (Å²) < 4.78 is 67.3. The van der Waals surface area contributed by atoms with E-state index in [4.69, 9.17) is 19.4 Å². The zero-order valence-corrected chi connectivity index (χ0v) is 33.4. The molecule has 2 N–H and O–H groups in total. The van der Waals surface area contributed by atoms with Crippen LogP contribution in [0.25, 0.3) is 45.9 Å². The summed E-state index contributed by atoms with van der Waals surface area (Å²) in [6.45, 7) is 4.36. The molecular formula is C40H34F4N4Na2O2. The molecule has 5 heterocycles. The van der Waals surface area contributed by atoms with Crippen molar-refractivity contribution in [3.63, 3.8) is 0 Å². The normalized spacial score (nSPS) is 13.2. The molecule has 3 aromatic heterocycles. The van der Waals surface area contributed by atoms with Crippen LogP contribution < -0.4 is 0 Å². The number of nitrogens with zero attached hydrogens (tertiary/aromatic N) is 2. The van der Waals surface area contributed by atoms with Gasteiger partial charge in [-0.3, -0.25) is 0 Å². The number of hydrogen-bond donors (Lipinski definition) is 2. The Kier molecular flexibility index (Phi) is 13.6. The van der Waals surface area contributed by atoms with Crippen LogP contribution in [0.4, 0.5) is 17.6 Å². The smallest absolute Gasteiger partial charge is 0.126 e. The van der Waals surface area contributed by atoms with Crippen LogP contribution in [0.2, 0.25) is 0 Å². The van der Waals surface area contributed by atoms with Gasteiger partial charge in [0.05, 0.1) is 48.2 Å². The van der Waals surface area contributed by atoms with E-state index < -0.39 is 23.3 Å². The predicted molar refractivity (Wildman–Crippen MR) is 199 cm³/mol. The molecule has 52 heavy (non-hydrogen) atoms. The van der Waals surface area contributed by atoms with Gasteiger partial charge >= 0.3 is 0 Å². The third-order valence-corrected chi connectivity index (χ3v) is 8.59. The van der Waals surface area contributed by atoms with Gasteiger partial charge in [0.15, 0.2) is 0 Å². The van der Waals surface area contributed by atoms with Gasteiger partial charge in [0.2, 0.25) is 0 Å². The molecule has 0 amide bonds. The van der Waals surface area contributed by atoms with E-state index in [1.54, 1.807) is 0 Å². The molecule has 2 aliphatic heterocycles. The third-order valence-electron chi connectivity index (χ3n) is 8.59. The Morgan fingerprint density at radius 2 is 1.12 bits per heavy atom. The number of nitrogens with one attached hydrogen (secondary N) is 2. The number of H-pyrrole nitrogens is 2. The third kappa shape index (κ3) is 10.0. The maximum Gasteiger partial charge on any atom is 0.126 e. The van der Waals surface area contributed by atoms with Crippen molar-refractivity contribution >= 4 is 105 Å². The van der Waals surface area contributed by atoms with Crippen LogP contribution in [-0.4, -0.2) is 98.4 Å². The van der Waals surface area contributed by atoms with E-state index >= 15 is 0 Å². The topological polar surface area (TPSA) is 75.8 Å². The number of benzene rings is 2. The van der Waals surface area contributed by atoms with Gasteiger partial charge in [-0.25, -0.2) is 27.5 Å². The summed E-state index contributed by atoms with van der Waals surface area (Å²) in [4.78, 5) is 16.6. The van der Waals surface area contributed by atoms with E-state index in [9.17, 15) is 17.6 Å².